The number of esters is 1. The van der Waals surface area contributed by atoms with Crippen molar-refractivity contribution >= 4 is 39.8 Å². The van der Waals surface area contributed by atoms with E-state index < -0.39 is 0 Å². The van der Waals surface area contributed by atoms with Crippen LogP contribution in [0.15, 0.2) is 48.7 Å². The standard InChI is InChI=1S/C19H17ClN2O2/c1-3-24-19(23)15-11-21-18(14-7-5-4-6-13(14)15)22-17-9-8-12(2)10-16(17)20/h4-11H,3H2,1-2H3,(H,21,22). The summed E-state index contributed by atoms with van der Waals surface area (Å²) in [6.45, 7) is 4.09. The molecule has 0 aliphatic carbocycles. The summed E-state index contributed by atoms with van der Waals surface area (Å²) in [4.78, 5) is 16.5. The number of halogens is 1. The largest absolute Gasteiger partial charge is 0.462 e. The van der Waals surface area contributed by atoms with E-state index in [4.69, 9.17) is 16.3 Å². The van der Waals surface area contributed by atoms with Crippen molar-refractivity contribution in [2.75, 3.05) is 11.9 Å². The molecule has 4 nitrogen and oxygen atoms in total. The molecule has 122 valence electrons. The van der Waals surface area contributed by atoms with E-state index in [0.29, 0.717) is 23.0 Å². The molecule has 3 aromatic rings. The first kappa shape index (κ1) is 16.3. The number of nitrogens with one attached hydrogen (secondary N) is 1. The molecule has 1 heterocycles. The van der Waals surface area contributed by atoms with Crippen LogP contribution in [-0.2, 0) is 4.74 Å². The van der Waals surface area contributed by atoms with Crippen LogP contribution >= 0.6 is 11.6 Å². The molecule has 5 heteroatoms. The van der Waals surface area contributed by atoms with Crippen molar-refractivity contribution in [2.45, 2.75) is 13.8 Å². The van der Waals surface area contributed by atoms with Crippen LogP contribution in [0.3, 0.4) is 0 Å². The minimum Gasteiger partial charge on any atom is -0.462 e. The number of pyridine rings is 1. The number of aryl methyl sites for hydroxylation is 1. The SMILES string of the molecule is CCOC(=O)c1cnc(Nc2ccc(C)cc2Cl)c2ccccc12. The summed E-state index contributed by atoms with van der Waals surface area (Å²) in [6, 6.07) is 13.4. The zero-order valence-electron chi connectivity index (χ0n) is 13.5. The fourth-order valence-corrected chi connectivity index (χ4v) is 2.80. The highest BCUT2D eigenvalue weighted by Crippen LogP contribution is 2.30. The maximum Gasteiger partial charge on any atom is 0.340 e. The second-order valence-corrected chi connectivity index (χ2v) is 5.80. The van der Waals surface area contributed by atoms with Crippen molar-refractivity contribution in [3.63, 3.8) is 0 Å². The quantitative estimate of drug-likeness (QED) is 0.670. The summed E-state index contributed by atoms with van der Waals surface area (Å²) < 4.78 is 5.11. The Balaban J connectivity index is 2.06. The molecular weight excluding hydrogens is 324 g/mol. The van der Waals surface area contributed by atoms with E-state index in [1.807, 2.05) is 49.4 Å². The molecular formula is C19H17ClN2O2. The van der Waals surface area contributed by atoms with Crippen LogP contribution in [-0.4, -0.2) is 17.6 Å². The van der Waals surface area contributed by atoms with Crippen LogP contribution in [0.1, 0.15) is 22.8 Å². The maximum atomic E-state index is 12.1. The number of hydrogen-bond donors (Lipinski definition) is 1. The third kappa shape index (κ3) is 3.19. The summed E-state index contributed by atoms with van der Waals surface area (Å²) in [7, 11) is 0. The highest BCUT2D eigenvalue weighted by Gasteiger charge is 2.15. The van der Waals surface area contributed by atoms with E-state index in [1.54, 1.807) is 6.92 Å². The predicted octanol–water partition coefficient (Wildman–Crippen LogP) is 5.12. The van der Waals surface area contributed by atoms with Gasteiger partial charge in [0.05, 0.1) is 22.9 Å². The van der Waals surface area contributed by atoms with Gasteiger partial charge in [-0.1, -0.05) is 41.9 Å². The Kier molecular flexibility index (Phi) is 4.67. The molecule has 0 saturated carbocycles. The zero-order valence-corrected chi connectivity index (χ0v) is 14.2. The molecule has 0 saturated heterocycles. The Morgan fingerprint density at radius 2 is 1.96 bits per heavy atom. The van der Waals surface area contributed by atoms with E-state index in [9.17, 15) is 4.79 Å². The Labute approximate surface area is 145 Å². The number of carbonyl (C=O) groups is 1. The van der Waals surface area contributed by atoms with E-state index in [0.717, 1.165) is 22.0 Å². The van der Waals surface area contributed by atoms with Crippen LogP contribution < -0.4 is 5.32 Å². The predicted molar refractivity (Wildman–Crippen MR) is 97.2 cm³/mol. The minimum atomic E-state index is -0.374. The molecule has 0 radical (unpaired) electrons. The van der Waals surface area contributed by atoms with Gasteiger partial charge in [-0.15, -0.1) is 0 Å². The van der Waals surface area contributed by atoms with Gasteiger partial charge in [0, 0.05) is 17.0 Å². The molecule has 3 rings (SSSR count). The molecule has 0 unspecified atom stereocenters. The monoisotopic (exact) mass is 340 g/mol. The second kappa shape index (κ2) is 6.89. The first-order valence-electron chi connectivity index (χ1n) is 7.68. The van der Waals surface area contributed by atoms with E-state index in [-0.39, 0.29) is 5.97 Å². The van der Waals surface area contributed by atoms with Gasteiger partial charge in [-0.25, -0.2) is 9.78 Å². The molecule has 24 heavy (non-hydrogen) atoms. The summed E-state index contributed by atoms with van der Waals surface area (Å²) in [5, 5.41) is 5.49. The van der Waals surface area contributed by atoms with Crippen molar-refractivity contribution in [2.24, 2.45) is 0 Å². The van der Waals surface area contributed by atoms with Crippen molar-refractivity contribution in [3.8, 4) is 0 Å². The molecule has 0 fully saturated rings. The average molecular weight is 341 g/mol. The number of rotatable bonds is 4. The lowest BCUT2D eigenvalue weighted by Gasteiger charge is -2.13. The third-order valence-electron chi connectivity index (χ3n) is 3.67. The average Bonchev–Trinajstić information content (AvgIpc) is 2.57. The Hall–Kier alpha value is -2.59. The Morgan fingerprint density at radius 1 is 1.21 bits per heavy atom. The molecule has 1 N–H and O–H groups in total. The Bertz CT molecular complexity index is 909. The van der Waals surface area contributed by atoms with Crippen LogP contribution in [0.5, 0.6) is 0 Å². The molecule has 0 spiro atoms. The van der Waals surface area contributed by atoms with Crippen LogP contribution in [0.2, 0.25) is 5.02 Å². The minimum absolute atomic E-state index is 0.326. The number of ether oxygens (including phenoxy) is 1. The summed E-state index contributed by atoms with van der Waals surface area (Å²) in [5.41, 5.74) is 2.30. The summed E-state index contributed by atoms with van der Waals surface area (Å²) >= 11 is 6.29. The van der Waals surface area contributed by atoms with Gasteiger partial charge in [0.25, 0.3) is 0 Å². The van der Waals surface area contributed by atoms with Gasteiger partial charge in [-0.3, -0.25) is 0 Å². The first-order chi connectivity index (χ1) is 11.6. The topological polar surface area (TPSA) is 51.2 Å². The lowest BCUT2D eigenvalue weighted by Crippen LogP contribution is -2.07. The van der Waals surface area contributed by atoms with Gasteiger partial charge >= 0.3 is 5.97 Å². The second-order valence-electron chi connectivity index (χ2n) is 5.39. The number of aromatic nitrogens is 1. The van der Waals surface area contributed by atoms with Gasteiger partial charge in [0.15, 0.2) is 0 Å². The smallest absolute Gasteiger partial charge is 0.340 e. The van der Waals surface area contributed by atoms with Gasteiger partial charge in [-0.2, -0.15) is 0 Å². The van der Waals surface area contributed by atoms with Crippen molar-refractivity contribution in [1.82, 2.24) is 4.98 Å². The number of anilines is 2. The summed E-state index contributed by atoms with van der Waals surface area (Å²) in [5.74, 6) is 0.269. The molecule has 0 atom stereocenters. The summed E-state index contributed by atoms with van der Waals surface area (Å²) in [6.07, 6.45) is 1.53. The Morgan fingerprint density at radius 3 is 2.67 bits per heavy atom. The highest BCUT2D eigenvalue weighted by molar-refractivity contribution is 6.33. The van der Waals surface area contributed by atoms with Crippen LogP contribution in [0, 0.1) is 6.92 Å². The first-order valence-corrected chi connectivity index (χ1v) is 8.06. The zero-order chi connectivity index (χ0) is 17.1. The van der Waals surface area contributed by atoms with Crippen LogP contribution in [0.25, 0.3) is 10.8 Å². The van der Waals surface area contributed by atoms with Gasteiger partial charge in [0.2, 0.25) is 0 Å². The van der Waals surface area contributed by atoms with Gasteiger partial charge in [0.1, 0.15) is 5.82 Å². The normalized spacial score (nSPS) is 10.6. The number of benzene rings is 2. The number of carbonyl (C=O) groups excluding carboxylic acids is 1. The lowest BCUT2D eigenvalue weighted by molar-refractivity contribution is 0.0528. The molecule has 0 aliphatic rings. The lowest BCUT2D eigenvalue weighted by atomic mass is 10.1. The molecule has 0 aliphatic heterocycles. The van der Waals surface area contributed by atoms with Crippen molar-refractivity contribution < 1.29 is 9.53 Å². The van der Waals surface area contributed by atoms with Gasteiger partial charge in [-0.05, 0) is 31.5 Å². The molecule has 2 aromatic carbocycles. The van der Waals surface area contributed by atoms with E-state index in [2.05, 4.69) is 10.3 Å². The van der Waals surface area contributed by atoms with Crippen molar-refractivity contribution in [3.05, 3.63) is 64.8 Å². The molecule has 0 amide bonds. The number of hydrogen-bond acceptors (Lipinski definition) is 4. The number of fused-ring (bicyclic) bond motifs is 1. The van der Waals surface area contributed by atoms with Crippen molar-refractivity contribution in [1.29, 1.82) is 0 Å². The third-order valence-corrected chi connectivity index (χ3v) is 3.98. The molecule has 0 bridgehead atoms. The highest BCUT2D eigenvalue weighted by atomic mass is 35.5. The maximum absolute atomic E-state index is 12.1. The number of nitrogens with zero attached hydrogens (tertiary/aromatic N) is 1. The fourth-order valence-electron chi connectivity index (χ4n) is 2.51. The van der Waals surface area contributed by atoms with E-state index >= 15 is 0 Å². The molecule has 1 aromatic heterocycles. The fraction of sp³-hybridized carbons (Fsp3) is 0.158. The van der Waals surface area contributed by atoms with E-state index in [1.165, 1.54) is 6.20 Å². The van der Waals surface area contributed by atoms with Gasteiger partial charge < -0.3 is 10.1 Å². The van der Waals surface area contributed by atoms with Crippen LogP contribution in [0.4, 0.5) is 11.5 Å².